The average molecular weight is 414 g/mol. The number of para-hydroxylation sites is 1. The van der Waals surface area contributed by atoms with Gasteiger partial charge in [-0.3, -0.25) is 24.4 Å². The topological polar surface area (TPSA) is 179 Å². The van der Waals surface area contributed by atoms with E-state index in [0.29, 0.717) is 5.56 Å². The van der Waals surface area contributed by atoms with Gasteiger partial charge in [0.1, 0.15) is 17.1 Å². The van der Waals surface area contributed by atoms with Gasteiger partial charge in [0.15, 0.2) is 5.75 Å². The van der Waals surface area contributed by atoms with Gasteiger partial charge in [-0.15, -0.1) is 0 Å². The van der Waals surface area contributed by atoms with Gasteiger partial charge in [-0.05, 0) is 36.4 Å². The first-order valence-electron chi connectivity index (χ1n) is 7.16. The first-order chi connectivity index (χ1) is 12.5. The van der Waals surface area contributed by atoms with E-state index in [0.717, 1.165) is 0 Å². The predicted molar refractivity (Wildman–Crippen MR) is 93.1 cm³/mol. The molecule has 27 heavy (non-hydrogen) atoms. The third kappa shape index (κ3) is 4.81. The predicted octanol–water partition coefficient (Wildman–Crippen LogP) is 1.53. The lowest BCUT2D eigenvalue weighted by molar-refractivity contribution is 0.281. The van der Waals surface area contributed by atoms with Gasteiger partial charge in [-0.2, -0.15) is 0 Å². The van der Waals surface area contributed by atoms with E-state index < -0.39 is 21.2 Å². The van der Waals surface area contributed by atoms with E-state index in [1.807, 2.05) is 0 Å². The van der Waals surface area contributed by atoms with Crippen molar-refractivity contribution in [1.82, 2.24) is 9.97 Å². The van der Waals surface area contributed by atoms with Crippen molar-refractivity contribution >= 4 is 26.5 Å². The van der Waals surface area contributed by atoms with Crippen LogP contribution in [0.15, 0.2) is 47.3 Å². The Morgan fingerprint density at radius 1 is 0.889 bits per heavy atom. The summed E-state index contributed by atoms with van der Waals surface area (Å²) < 4.78 is 31.0. The number of nitrogens with one attached hydrogen (secondary N) is 1. The van der Waals surface area contributed by atoms with E-state index >= 15 is 0 Å². The molecule has 0 aliphatic heterocycles. The molecule has 142 valence electrons. The molecule has 0 spiro atoms. The monoisotopic (exact) mass is 414 g/mol. The summed E-state index contributed by atoms with van der Waals surface area (Å²) in [5.41, 5.74) is -0.269. The number of fused-ring (bicyclic) bond motifs is 1. The van der Waals surface area contributed by atoms with Crippen molar-refractivity contribution in [1.29, 1.82) is 0 Å². The van der Waals surface area contributed by atoms with Crippen LogP contribution in [0.5, 0.6) is 11.5 Å². The van der Waals surface area contributed by atoms with Crippen molar-refractivity contribution < 1.29 is 37.8 Å². The zero-order chi connectivity index (χ0) is 19.8. The van der Waals surface area contributed by atoms with E-state index in [1.54, 1.807) is 0 Å². The summed E-state index contributed by atoms with van der Waals surface area (Å²) in [7, 11) is -9.57. The van der Waals surface area contributed by atoms with Crippen LogP contribution in [-0.4, -0.2) is 29.5 Å². The minimum Gasteiger partial charge on any atom is -0.404 e. The molecule has 0 aliphatic rings. The van der Waals surface area contributed by atoms with Gasteiger partial charge in [0, 0.05) is 5.56 Å². The molecule has 3 rings (SSSR count). The van der Waals surface area contributed by atoms with Crippen molar-refractivity contribution in [2.45, 2.75) is 0 Å². The fourth-order valence-corrected chi connectivity index (χ4v) is 3.08. The normalized spacial score (nSPS) is 12.1. The van der Waals surface area contributed by atoms with Crippen LogP contribution < -0.4 is 14.6 Å². The summed E-state index contributed by atoms with van der Waals surface area (Å²) in [5, 5.41) is 0.0613. The Morgan fingerprint density at radius 2 is 1.52 bits per heavy atom. The van der Waals surface area contributed by atoms with E-state index in [1.165, 1.54) is 42.5 Å². The number of nitrogens with zero attached hydrogens (tertiary/aromatic N) is 1. The highest BCUT2D eigenvalue weighted by atomic mass is 31.2. The number of phosphoric ester groups is 2. The van der Waals surface area contributed by atoms with Gasteiger partial charge in [0.2, 0.25) is 0 Å². The third-order valence-electron chi connectivity index (χ3n) is 3.27. The third-order valence-corrected chi connectivity index (χ3v) is 4.15. The van der Waals surface area contributed by atoms with Gasteiger partial charge in [0.25, 0.3) is 5.56 Å². The highest BCUT2D eigenvalue weighted by molar-refractivity contribution is 7.47. The van der Waals surface area contributed by atoms with Crippen LogP contribution >= 0.6 is 15.6 Å². The minimum absolute atomic E-state index is 0.0528. The van der Waals surface area contributed by atoms with Crippen molar-refractivity contribution in [3.05, 3.63) is 52.8 Å². The molecule has 0 amide bonds. The van der Waals surface area contributed by atoms with E-state index in [2.05, 4.69) is 19.0 Å². The van der Waals surface area contributed by atoms with Crippen LogP contribution in [0.2, 0.25) is 0 Å². The summed E-state index contributed by atoms with van der Waals surface area (Å²) >= 11 is 0. The second kappa shape index (κ2) is 6.90. The SMILES string of the molecule is O=c1[nH]c(-c2ccc(OP(=O)(O)O)cc2)nc2c(OP(=O)(O)O)cccc12. The lowest BCUT2D eigenvalue weighted by Gasteiger charge is -2.10. The molecule has 1 heterocycles. The Morgan fingerprint density at radius 3 is 2.11 bits per heavy atom. The molecular formula is C14H12N2O9P2. The lowest BCUT2D eigenvalue weighted by atomic mass is 10.2. The number of rotatable bonds is 5. The van der Waals surface area contributed by atoms with Crippen LogP contribution in [0, 0.1) is 0 Å². The summed E-state index contributed by atoms with van der Waals surface area (Å²) in [6.45, 7) is 0. The molecule has 13 heteroatoms. The van der Waals surface area contributed by atoms with E-state index in [-0.39, 0.29) is 28.2 Å². The number of aromatic nitrogens is 2. The van der Waals surface area contributed by atoms with Crippen LogP contribution in [0.25, 0.3) is 22.3 Å². The Bertz CT molecular complexity index is 1150. The zero-order valence-corrected chi connectivity index (χ0v) is 15.0. The lowest BCUT2D eigenvalue weighted by Crippen LogP contribution is -2.10. The average Bonchev–Trinajstić information content (AvgIpc) is 2.53. The Kier molecular flexibility index (Phi) is 4.92. The van der Waals surface area contributed by atoms with Crippen molar-refractivity contribution in [3.8, 4) is 22.9 Å². The Labute approximate surface area is 150 Å². The quantitative estimate of drug-likeness (QED) is 0.384. The van der Waals surface area contributed by atoms with Gasteiger partial charge in [0.05, 0.1) is 5.39 Å². The fourth-order valence-electron chi connectivity index (χ4n) is 2.28. The van der Waals surface area contributed by atoms with Gasteiger partial charge < -0.3 is 14.0 Å². The van der Waals surface area contributed by atoms with Crippen LogP contribution in [0.3, 0.4) is 0 Å². The first kappa shape index (κ1) is 19.2. The Hall–Kier alpha value is -2.52. The number of benzene rings is 2. The summed E-state index contributed by atoms with van der Waals surface area (Å²) in [6, 6.07) is 9.36. The summed E-state index contributed by atoms with van der Waals surface area (Å²) in [5.74, 6) is -0.313. The molecule has 5 N–H and O–H groups in total. The standard InChI is InChI=1S/C14H12N2O9P2/c17-14-10-2-1-3-11(25-27(21,22)23)12(10)15-13(16-14)8-4-6-9(7-5-8)24-26(18,19)20/h1-7H,(H,15,16,17)(H2,18,19,20)(H2,21,22,23). The summed E-state index contributed by atoms with van der Waals surface area (Å²) in [4.78, 5) is 54.6. The largest absolute Gasteiger partial charge is 0.524 e. The molecule has 0 saturated carbocycles. The van der Waals surface area contributed by atoms with Gasteiger partial charge in [-0.1, -0.05) is 6.07 Å². The summed E-state index contributed by atoms with van der Waals surface area (Å²) in [6.07, 6.45) is 0. The first-order valence-corrected chi connectivity index (χ1v) is 10.2. The molecule has 1 aromatic heterocycles. The van der Waals surface area contributed by atoms with Crippen LogP contribution in [0.1, 0.15) is 0 Å². The number of H-pyrrole nitrogens is 1. The highest BCUT2D eigenvalue weighted by Crippen LogP contribution is 2.40. The molecular weight excluding hydrogens is 402 g/mol. The number of hydrogen-bond acceptors (Lipinski definition) is 6. The maximum Gasteiger partial charge on any atom is 0.524 e. The number of hydrogen-bond donors (Lipinski definition) is 5. The van der Waals surface area contributed by atoms with Gasteiger partial charge in [-0.25, -0.2) is 14.1 Å². The maximum atomic E-state index is 12.3. The molecule has 0 fully saturated rings. The second-order valence-electron chi connectivity index (χ2n) is 5.25. The van der Waals surface area contributed by atoms with Crippen LogP contribution in [-0.2, 0) is 9.13 Å². The van der Waals surface area contributed by atoms with Gasteiger partial charge >= 0.3 is 15.6 Å². The minimum atomic E-state index is -4.86. The molecule has 0 saturated heterocycles. The maximum absolute atomic E-state index is 12.3. The highest BCUT2D eigenvalue weighted by Gasteiger charge is 2.20. The second-order valence-corrected chi connectivity index (χ2v) is 7.58. The molecule has 0 radical (unpaired) electrons. The molecule has 0 unspecified atom stereocenters. The fraction of sp³-hybridized carbons (Fsp3) is 0. The van der Waals surface area contributed by atoms with E-state index in [9.17, 15) is 13.9 Å². The number of phosphoric acid groups is 2. The van der Waals surface area contributed by atoms with E-state index in [4.69, 9.17) is 19.6 Å². The zero-order valence-electron chi connectivity index (χ0n) is 13.2. The van der Waals surface area contributed by atoms with Crippen LogP contribution in [0.4, 0.5) is 0 Å². The molecule has 0 bridgehead atoms. The van der Waals surface area contributed by atoms with Crippen molar-refractivity contribution in [3.63, 3.8) is 0 Å². The molecule has 3 aromatic rings. The molecule has 0 aliphatic carbocycles. The number of aromatic amines is 1. The smallest absolute Gasteiger partial charge is 0.404 e. The molecule has 2 aromatic carbocycles. The van der Waals surface area contributed by atoms with Crippen molar-refractivity contribution in [2.75, 3.05) is 0 Å². The molecule has 0 atom stereocenters. The Balaban J connectivity index is 2.07. The molecule has 11 nitrogen and oxygen atoms in total. The van der Waals surface area contributed by atoms with Crippen molar-refractivity contribution in [2.24, 2.45) is 0 Å².